The number of benzene rings is 3. The predicted molar refractivity (Wildman–Crippen MR) is 114 cm³/mol. The molecular weight excluding hydrogens is 386 g/mol. The maximum atomic E-state index is 12.3. The Bertz CT molecular complexity index is 1120. The van der Waals surface area contributed by atoms with E-state index in [2.05, 4.69) is 4.99 Å². The van der Waals surface area contributed by atoms with Crippen LogP contribution in [0.15, 0.2) is 83.5 Å². The molecule has 1 aliphatic rings. The fraction of sp³-hybridized carbons (Fsp3) is 0.0833. The molecule has 29 heavy (non-hydrogen) atoms. The van der Waals surface area contributed by atoms with E-state index in [0.29, 0.717) is 23.3 Å². The van der Waals surface area contributed by atoms with Crippen molar-refractivity contribution >= 4 is 29.5 Å². The highest BCUT2D eigenvalue weighted by atomic mass is 35.5. The van der Waals surface area contributed by atoms with E-state index in [4.69, 9.17) is 21.1 Å². The number of hydrogen-bond acceptors (Lipinski definition) is 4. The number of cyclic esters (lactones) is 1. The molecule has 0 bridgehead atoms. The third kappa shape index (κ3) is 4.39. The Kier molecular flexibility index (Phi) is 5.45. The Balaban J connectivity index is 1.58. The van der Waals surface area contributed by atoms with Crippen molar-refractivity contribution in [3.8, 4) is 5.75 Å². The van der Waals surface area contributed by atoms with Crippen molar-refractivity contribution < 1.29 is 14.3 Å². The second-order valence-electron chi connectivity index (χ2n) is 6.62. The van der Waals surface area contributed by atoms with Crippen molar-refractivity contribution in [1.82, 2.24) is 0 Å². The average Bonchev–Trinajstić information content (AvgIpc) is 3.09. The van der Waals surface area contributed by atoms with Gasteiger partial charge >= 0.3 is 5.97 Å². The summed E-state index contributed by atoms with van der Waals surface area (Å²) in [5.74, 6) is 0.448. The zero-order valence-corrected chi connectivity index (χ0v) is 16.5. The fourth-order valence-electron chi connectivity index (χ4n) is 2.88. The Morgan fingerprint density at radius 2 is 1.72 bits per heavy atom. The molecule has 0 saturated carbocycles. The summed E-state index contributed by atoms with van der Waals surface area (Å²) in [4.78, 5) is 16.7. The molecule has 0 atom stereocenters. The highest BCUT2D eigenvalue weighted by Crippen LogP contribution is 2.26. The molecule has 0 saturated heterocycles. The average molecular weight is 404 g/mol. The zero-order valence-electron chi connectivity index (χ0n) is 15.8. The second-order valence-corrected chi connectivity index (χ2v) is 7.03. The molecule has 4 nitrogen and oxygen atoms in total. The number of hydrogen-bond donors (Lipinski definition) is 0. The number of rotatable bonds is 5. The van der Waals surface area contributed by atoms with E-state index in [-0.39, 0.29) is 5.70 Å². The summed E-state index contributed by atoms with van der Waals surface area (Å²) in [7, 11) is 0. The number of halogens is 1. The van der Waals surface area contributed by atoms with E-state index in [1.165, 1.54) is 0 Å². The number of para-hydroxylation sites is 1. The maximum absolute atomic E-state index is 12.3. The minimum absolute atomic E-state index is 0.231. The first-order valence-corrected chi connectivity index (χ1v) is 9.53. The topological polar surface area (TPSA) is 47.9 Å². The minimum Gasteiger partial charge on any atom is -0.488 e. The van der Waals surface area contributed by atoms with E-state index < -0.39 is 5.97 Å². The molecule has 5 heteroatoms. The lowest BCUT2D eigenvalue weighted by atomic mass is 10.1. The van der Waals surface area contributed by atoms with Gasteiger partial charge in [0, 0.05) is 21.7 Å². The number of carbonyl (C=O) groups excluding carboxylic acids is 1. The van der Waals surface area contributed by atoms with Gasteiger partial charge < -0.3 is 9.47 Å². The summed E-state index contributed by atoms with van der Waals surface area (Å²) in [6, 6.07) is 22.6. The predicted octanol–water partition coefficient (Wildman–Crippen LogP) is 5.57. The monoisotopic (exact) mass is 403 g/mol. The third-order valence-electron chi connectivity index (χ3n) is 4.47. The zero-order chi connectivity index (χ0) is 20.2. The second kappa shape index (κ2) is 8.33. The molecule has 0 amide bonds. The Morgan fingerprint density at radius 1 is 1.00 bits per heavy atom. The Labute approximate surface area is 174 Å². The largest absolute Gasteiger partial charge is 0.488 e. The van der Waals surface area contributed by atoms with Gasteiger partial charge in [-0.05, 0) is 37.3 Å². The van der Waals surface area contributed by atoms with Crippen molar-refractivity contribution in [2.75, 3.05) is 0 Å². The van der Waals surface area contributed by atoms with Crippen LogP contribution in [0.1, 0.15) is 22.3 Å². The van der Waals surface area contributed by atoms with Crippen LogP contribution in [0.4, 0.5) is 0 Å². The van der Waals surface area contributed by atoms with E-state index in [0.717, 1.165) is 22.3 Å². The molecule has 0 aromatic heterocycles. The molecule has 1 heterocycles. The molecule has 0 spiro atoms. The Morgan fingerprint density at radius 3 is 2.52 bits per heavy atom. The van der Waals surface area contributed by atoms with Gasteiger partial charge in [-0.25, -0.2) is 9.79 Å². The minimum atomic E-state index is -0.485. The summed E-state index contributed by atoms with van der Waals surface area (Å²) in [6.45, 7) is 2.32. The summed E-state index contributed by atoms with van der Waals surface area (Å²) < 4.78 is 11.3. The van der Waals surface area contributed by atoms with Gasteiger partial charge in [0.1, 0.15) is 12.4 Å². The molecule has 1 aliphatic heterocycles. The van der Waals surface area contributed by atoms with Crippen molar-refractivity contribution in [1.29, 1.82) is 0 Å². The third-order valence-corrected chi connectivity index (χ3v) is 4.84. The van der Waals surface area contributed by atoms with Gasteiger partial charge in [-0.3, -0.25) is 0 Å². The molecule has 3 aromatic rings. The van der Waals surface area contributed by atoms with E-state index >= 15 is 0 Å². The quantitative estimate of drug-likeness (QED) is 0.413. The highest BCUT2D eigenvalue weighted by molar-refractivity contribution is 6.31. The van der Waals surface area contributed by atoms with Crippen LogP contribution in [-0.4, -0.2) is 11.9 Å². The van der Waals surface area contributed by atoms with Crippen LogP contribution in [0, 0.1) is 6.92 Å². The van der Waals surface area contributed by atoms with Crippen LogP contribution in [0.3, 0.4) is 0 Å². The lowest BCUT2D eigenvalue weighted by Gasteiger charge is -2.10. The van der Waals surface area contributed by atoms with Crippen molar-refractivity contribution in [3.05, 3.63) is 106 Å². The molecule has 3 aromatic carbocycles. The first-order chi connectivity index (χ1) is 14.1. The molecule has 0 N–H and O–H groups in total. The lowest BCUT2D eigenvalue weighted by molar-refractivity contribution is -0.129. The SMILES string of the molecule is Cc1ccc(C2=N/C(=C\c3ccccc3OCc3ccccc3Cl)C(=O)O2)cc1. The standard InChI is InChI=1S/C24H18ClNO3/c1-16-10-12-17(13-11-16)23-26-21(24(27)29-23)14-18-6-3-5-9-22(18)28-15-19-7-2-4-8-20(19)25/h2-14H,15H2,1H3/b21-14-. The fourth-order valence-corrected chi connectivity index (χ4v) is 3.07. The van der Waals surface area contributed by atoms with E-state index in [9.17, 15) is 4.79 Å². The van der Waals surface area contributed by atoms with Crippen LogP contribution in [0.2, 0.25) is 5.02 Å². The van der Waals surface area contributed by atoms with Crippen LogP contribution < -0.4 is 4.74 Å². The summed E-state index contributed by atoms with van der Waals surface area (Å²) in [5.41, 5.74) is 3.74. The lowest BCUT2D eigenvalue weighted by Crippen LogP contribution is -2.05. The normalized spacial score (nSPS) is 14.6. The van der Waals surface area contributed by atoms with Crippen LogP contribution in [0.5, 0.6) is 5.75 Å². The molecule has 0 radical (unpaired) electrons. The first-order valence-electron chi connectivity index (χ1n) is 9.15. The molecule has 0 unspecified atom stereocenters. The van der Waals surface area contributed by atoms with Crippen molar-refractivity contribution in [2.24, 2.45) is 4.99 Å². The number of ether oxygens (including phenoxy) is 2. The van der Waals surface area contributed by atoms with Crippen LogP contribution >= 0.6 is 11.6 Å². The molecular formula is C24H18ClNO3. The van der Waals surface area contributed by atoms with Crippen LogP contribution in [-0.2, 0) is 16.1 Å². The van der Waals surface area contributed by atoms with Gasteiger partial charge in [-0.15, -0.1) is 0 Å². The summed E-state index contributed by atoms with van der Waals surface area (Å²) >= 11 is 6.20. The van der Waals surface area contributed by atoms with Crippen LogP contribution in [0.25, 0.3) is 6.08 Å². The summed E-state index contributed by atoms with van der Waals surface area (Å²) in [5, 5.41) is 0.648. The summed E-state index contributed by atoms with van der Waals surface area (Å²) in [6.07, 6.45) is 1.67. The van der Waals surface area contributed by atoms with Gasteiger partial charge in [0.05, 0.1) is 0 Å². The van der Waals surface area contributed by atoms with Crippen molar-refractivity contribution in [2.45, 2.75) is 13.5 Å². The smallest absolute Gasteiger partial charge is 0.363 e. The number of carbonyl (C=O) groups is 1. The Hall–Kier alpha value is -3.37. The molecule has 0 aliphatic carbocycles. The van der Waals surface area contributed by atoms with E-state index in [1.807, 2.05) is 79.7 Å². The highest BCUT2D eigenvalue weighted by Gasteiger charge is 2.24. The first kappa shape index (κ1) is 19.0. The molecule has 4 rings (SSSR count). The molecule has 0 fully saturated rings. The number of aliphatic imine (C=N–C) groups is 1. The van der Waals surface area contributed by atoms with Gasteiger partial charge in [-0.1, -0.05) is 65.7 Å². The number of nitrogens with zero attached hydrogens (tertiary/aromatic N) is 1. The maximum Gasteiger partial charge on any atom is 0.363 e. The number of esters is 1. The number of aryl methyl sites for hydroxylation is 1. The van der Waals surface area contributed by atoms with Gasteiger partial charge in [0.2, 0.25) is 5.90 Å². The van der Waals surface area contributed by atoms with Crippen molar-refractivity contribution in [3.63, 3.8) is 0 Å². The van der Waals surface area contributed by atoms with E-state index in [1.54, 1.807) is 6.08 Å². The van der Waals surface area contributed by atoms with Gasteiger partial charge in [0.15, 0.2) is 5.70 Å². The van der Waals surface area contributed by atoms with Gasteiger partial charge in [0.25, 0.3) is 0 Å². The molecule has 144 valence electrons. The van der Waals surface area contributed by atoms with Gasteiger partial charge in [-0.2, -0.15) is 0 Å².